The Hall–Kier alpha value is -2.84. The monoisotopic (exact) mass is 296 g/mol. The first-order valence-electron chi connectivity index (χ1n) is 5.72. The summed E-state index contributed by atoms with van der Waals surface area (Å²) in [5.74, 6) is -4.56. The maximum absolute atomic E-state index is 13.3. The molecular formula is C12H10F2N4O3. The number of carbonyl (C=O) groups is 2. The van der Waals surface area contributed by atoms with Crippen LogP contribution in [0.1, 0.15) is 26.5 Å². The Kier molecular flexibility index (Phi) is 3.92. The number of nitrogens with zero attached hydrogens (tertiary/aromatic N) is 3. The third-order valence-electron chi connectivity index (χ3n) is 2.72. The minimum Gasteiger partial charge on any atom is -0.478 e. The molecule has 9 heteroatoms. The summed E-state index contributed by atoms with van der Waals surface area (Å²) in [4.78, 5) is 28.1. The Morgan fingerprint density at radius 3 is 2.43 bits per heavy atom. The van der Waals surface area contributed by atoms with Gasteiger partial charge in [-0.25, -0.2) is 18.6 Å². The molecule has 0 unspecified atom stereocenters. The SMILES string of the molecule is CN(Cc1ncn[nH]1)C(=O)c1cc(F)c(F)cc1C(=O)O. The molecular weight excluding hydrogens is 286 g/mol. The molecule has 1 aromatic carbocycles. The van der Waals surface area contributed by atoms with Crippen LogP contribution in [-0.4, -0.2) is 44.1 Å². The van der Waals surface area contributed by atoms with E-state index in [0.717, 1.165) is 4.90 Å². The normalized spacial score (nSPS) is 10.4. The summed E-state index contributed by atoms with van der Waals surface area (Å²) in [5, 5.41) is 15.1. The van der Waals surface area contributed by atoms with E-state index in [-0.39, 0.29) is 6.54 Å². The number of hydrogen-bond donors (Lipinski definition) is 2. The average Bonchev–Trinajstić information content (AvgIpc) is 2.93. The third-order valence-corrected chi connectivity index (χ3v) is 2.72. The van der Waals surface area contributed by atoms with Crippen molar-refractivity contribution in [1.29, 1.82) is 0 Å². The number of aromatic nitrogens is 3. The van der Waals surface area contributed by atoms with Crippen LogP contribution in [-0.2, 0) is 6.54 Å². The first kappa shape index (κ1) is 14.6. The lowest BCUT2D eigenvalue weighted by Gasteiger charge is -2.17. The second-order valence-corrected chi connectivity index (χ2v) is 4.21. The van der Waals surface area contributed by atoms with Crippen LogP contribution in [0.5, 0.6) is 0 Å². The van der Waals surface area contributed by atoms with Crippen LogP contribution in [0.2, 0.25) is 0 Å². The number of benzene rings is 1. The number of rotatable bonds is 4. The van der Waals surface area contributed by atoms with Crippen molar-refractivity contribution in [2.45, 2.75) is 6.54 Å². The van der Waals surface area contributed by atoms with Gasteiger partial charge in [0.15, 0.2) is 11.6 Å². The van der Waals surface area contributed by atoms with Gasteiger partial charge in [-0.15, -0.1) is 0 Å². The summed E-state index contributed by atoms with van der Waals surface area (Å²) in [6.45, 7) is 0.0108. The molecule has 1 aromatic heterocycles. The summed E-state index contributed by atoms with van der Waals surface area (Å²) >= 11 is 0. The van der Waals surface area contributed by atoms with Crippen LogP contribution >= 0.6 is 0 Å². The zero-order chi connectivity index (χ0) is 15.6. The maximum Gasteiger partial charge on any atom is 0.336 e. The van der Waals surface area contributed by atoms with E-state index in [4.69, 9.17) is 5.11 Å². The molecule has 0 saturated carbocycles. The second kappa shape index (κ2) is 5.65. The van der Waals surface area contributed by atoms with Crippen LogP contribution in [0, 0.1) is 11.6 Å². The molecule has 0 radical (unpaired) electrons. The predicted molar refractivity (Wildman–Crippen MR) is 65.5 cm³/mol. The highest BCUT2D eigenvalue weighted by atomic mass is 19.2. The molecule has 0 aliphatic heterocycles. The minimum absolute atomic E-state index is 0.0108. The van der Waals surface area contributed by atoms with Crippen molar-refractivity contribution in [1.82, 2.24) is 20.1 Å². The van der Waals surface area contributed by atoms with Gasteiger partial charge in [0.05, 0.1) is 17.7 Å². The highest BCUT2D eigenvalue weighted by Gasteiger charge is 2.23. The Labute approximate surface area is 117 Å². The zero-order valence-corrected chi connectivity index (χ0v) is 10.8. The topological polar surface area (TPSA) is 99.2 Å². The van der Waals surface area contributed by atoms with Crippen molar-refractivity contribution in [3.8, 4) is 0 Å². The standard InChI is InChI=1S/C12H10F2N4O3/c1-18(4-10-15-5-16-17-10)11(19)6-2-8(13)9(14)3-7(6)12(20)21/h2-3,5H,4H2,1H3,(H,20,21)(H,15,16,17). The Bertz CT molecular complexity index is 688. The van der Waals surface area contributed by atoms with Gasteiger partial charge in [-0.05, 0) is 12.1 Å². The lowest BCUT2D eigenvalue weighted by molar-refractivity contribution is 0.0679. The number of halogens is 2. The molecule has 0 aliphatic carbocycles. The largest absolute Gasteiger partial charge is 0.478 e. The quantitative estimate of drug-likeness (QED) is 0.878. The van der Waals surface area contributed by atoms with Crippen molar-refractivity contribution in [2.24, 2.45) is 0 Å². The van der Waals surface area contributed by atoms with E-state index in [2.05, 4.69) is 15.2 Å². The van der Waals surface area contributed by atoms with Gasteiger partial charge in [-0.1, -0.05) is 0 Å². The number of hydrogen-bond acceptors (Lipinski definition) is 4. The fourth-order valence-electron chi connectivity index (χ4n) is 1.71. The molecule has 0 spiro atoms. The number of nitrogens with one attached hydrogen (secondary N) is 1. The predicted octanol–water partition coefficient (Wildman–Crippen LogP) is 1.05. The molecule has 0 bridgehead atoms. The van der Waals surface area contributed by atoms with Crippen LogP contribution in [0.3, 0.4) is 0 Å². The van der Waals surface area contributed by atoms with Gasteiger partial charge < -0.3 is 10.0 Å². The van der Waals surface area contributed by atoms with E-state index in [9.17, 15) is 18.4 Å². The van der Waals surface area contributed by atoms with E-state index in [1.807, 2.05) is 0 Å². The van der Waals surface area contributed by atoms with E-state index in [0.29, 0.717) is 18.0 Å². The number of H-pyrrole nitrogens is 1. The summed E-state index contributed by atoms with van der Waals surface area (Å²) in [6, 6.07) is 1.05. The van der Waals surface area contributed by atoms with Crippen LogP contribution in [0.15, 0.2) is 18.5 Å². The first-order valence-corrected chi connectivity index (χ1v) is 5.72. The molecule has 0 fully saturated rings. The zero-order valence-electron chi connectivity index (χ0n) is 10.8. The molecule has 2 N–H and O–H groups in total. The molecule has 21 heavy (non-hydrogen) atoms. The van der Waals surface area contributed by atoms with Crippen LogP contribution in [0.4, 0.5) is 8.78 Å². The van der Waals surface area contributed by atoms with E-state index in [1.165, 1.54) is 13.4 Å². The molecule has 1 heterocycles. The van der Waals surface area contributed by atoms with Gasteiger partial charge in [-0.2, -0.15) is 5.10 Å². The number of amides is 1. The Balaban J connectivity index is 2.33. The molecule has 7 nitrogen and oxygen atoms in total. The Morgan fingerprint density at radius 1 is 1.29 bits per heavy atom. The first-order chi connectivity index (χ1) is 9.90. The summed E-state index contributed by atoms with van der Waals surface area (Å²) < 4.78 is 26.4. The molecule has 2 aromatic rings. The molecule has 0 atom stereocenters. The van der Waals surface area contributed by atoms with Crippen molar-refractivity contribution in [2.75, 3.05) is 7.05 Å². The van der Waals surface area contributed by atoms with Gasteiger partial charge in [0.25, 0.3) is 5.91 Å². The van der Waals surface area contributed by atoms with Crippen molar-refractivity contribution in [3.05, 3.63) is 47.0 Å². The highest BCUT2D eigenvalue weighted by Crippen LogP contribution is 2.17. The summed E-state index contributed by atoms with van der Waals surface area (Å²) in [6.07, 6.45) is 1.24. The lowest BCUT2D eigenvalue weighted by Crippen LogP contribution is -2.28. The van der Waals surface area contributed by atoms with Crippen molar-refractivity contribution in [3.63, 3.8) is 0 Å². The van der Waals surface area contributed by atoms with Crippen molar-refractivity contribution < 1.29 is 23.5 Å². The van der Waals surface area contributed by atoms with Gasteiger partial charge in [0.2, 0.25) is 0 Å². The van der Waals surface area contributed by atoms with Crippen LogP contribution < -0.4 is 0 Å². The summed E-state index contributed by atoms with van der Waals surface area (Å²) in [5.41, 5.74) is -1.05. The molecule has 2 rings (SSSR count). The van der Waals surface area contributed by atoms with Crippen molar-refractivity contribution >= 4 is 11.9 Å². The van der Waals surface area contributed by atoms with Gasteiger partial charge in [-0.3, -0.25) is 9.89 Å². The number of carboxylic acid groups (broad SMARTS) is 1. The number of aromatic amines is 1. The lowest BCUT2D eigenvalue weighted by atomic mass is 10.1. The highest BCUT2D eigenvalue weighted by molar-refractivity contribution is 6.04. The molecule has 110 valence electrons. The van der Waals surface area contributed by atoms with Gasteiger partial charge >= 0.3 is 5.97 Å². The van der Waals surface area contributed by atoms with Gasteiger partial charge in [0.1, 0.15) is 12.2 Å². The smallest absolute Gasteiger partial charge is 0.336 e. The number of carboxylic acids is 1. The van der Waals surface area contributed by atoms with E-state index in [1.54, 1.807) is 0 Å². The molecule has 1 amide bonds. The molecule has 0 aliphatic rings. The number of carbonyl (C=O) groups excluding carboxylic acids is 1. The van der Waals surface area contributed by atoms with E-state index < -0.39 is 34.6 Å². The maximum atomic E-state index is 13.3. The second-order valence-electron chi connectivity index (χ2n) is 4.21. The Morgan fingerprint density at radius 2 is 1.90 bits per heavy atom. The average molecular weight is 296 g/mol. The molecule has 0 saturated heterocycles. The fraction of sp³-hybridized carbons (Fsp3) is 0.167. The number of aromatic carboxylic acids is 1. The van der Waals surface area contributed by atoms with Gasteiger partial charge in [0, 0.05) is 7.05 Å². The minimum atomic E-state index is -1.52. The summed E-state index contributed by atoms with van der Waals surface area (Å²) in [7, 11) is 1.37. The fourth-order valence-corrected chi connectivity index (χ4v) is 1.71. The van der Waals surface area contributed by atoms with E-state index >= 15 is 0 Å². The van der Waals surface area contributed by atoms with Crippen LogP contribution in [0.25, 0.3) is 0 Å². The third kappa shape index (κ3) is 3.02.